The van der Waals surface area contributed by atoms with Gasteiger partial charge in [0.2, 0.25) is 0 Å². The molecule has 3 rings (SSSR count). The summed E-state index contributed by atoms with van der Waals surface area (Å²) < 4.78 is 0.896. The third kappa shape index (κ3) is 5.18. The second kappa shape index (κ2) is 8.83. The Hall–Kier alpha value is -2.11. The zero-order valence-electron chi connectivity index (χ0n) is 14.1. The summed E-state index contributed by atoms with van der Waals surface area (Å²) in [7, 11) is 0. The summed E-state index contributed by atoms with van der Waals surface area (Å²) in [5, 5.41) is 2.97. The van der Waals surface area contributed by atoms with E-state index in [0.717, 1.165) is 42.9 Å². The summed E-state index contributed by atoms with van der Waals surface area (Å²) in [6.45, 7) is 4.19. The van der Waals surface area contributed by atoms with E-state index in [1.165, 1.54) is 5.56 Å². The van der Waals surface area contributed by atoms with Crippen molar-refractivity contribution in [1.82, 2.24) is 9.80 Å². The van der Waals surface area contributed by atoms with Gasteiger partial charge in [0.15, 0.2) is 0 Å². The highest BCUT2D eigenvalue weighted by molar-refractivity contribution is 9.10. The Balaban J connectivity index is 1.44. The van der Waals surface area contributed by atoms with Gasteiger partial charge in [0.05, 0.1) is 5.69 Å². The summed E-state index contributed by atoms with van der Waals surface area (Å²) >= 11 is 3.46. The molecular weight excluding hydrogens is 378 g/mol. The minimum atomic E-state index is -0.0358. The molecule has 1 aliphatic heterocycles. The number of carbonyl (C=O) groups is 1. The minimum Gasteiger partial charge on any atom is -0.322 e. The Morgan fingerprint density at radius 1 is 1.00 bits per heavy atom. The molecule has 1 fully saturated rings. The van der Waals surface area contributed by atoms with Gasteiger partial charge >= 0.3 is 6.03 Å². The van der Waals surface area contributed by atoms with E-state index >= 15 is 0 Å². The van der Waals surface area contributed by atoms with Gasteiger partial charge in [-0.15, -0.1) is 0 Å². The number of para-hydroxylation sites is 1. The van der Waals surface area contributed by atoms with Crippen molar-refractivity contribution in [2.45, 2.75) is 0 Å². The molecule has 25 heavy (non-hydrogen) atoms. The number of hydrogen-bond donors (Lipinski definition) is 1. The number of piperazine rings is 1. The van der Waals surface area contributed by atoms with Gasteiger partial charge < -0.3 is 10.2 Å². The number of hydrogen-bond acceptors (Lipinski definition) is 2. The molecule has 2 amide bonds. The van der Waals surface area contributed by atoms with Crippen molar-refractivity contribution >= 4 is 33.7 Å². The molecule has 0 saturated carbocycles. The third-order valence-electron chi connectivity index (χ3n) is 4.25. The highest BCUT2D eigenvalue weighted by atomic mass is 79.9. The van der Waals surface area contributed by atoms with Crippen LogP contribution in [0.15, 0.2) is 65.1 Å². The summed E-state index contributed by atoms with van der Waals surface area (Å²) in [6, 6.07) is 17.9. The fourth-order valence-corrected chi connectivity index (χ4v) is 3.18. The average Bonchev–Trinajstić information content (AvgIpc) is 2.65. The highest BCUT2D eigenvalue weighted by Gasteiger charge is 2.20. The Kier molecular flexibility index (Phi) is 6.25. The summed E-state index contributed by atoms with van der Waals surface area (Å²) in [4.78, 5) is 16.6. The van der Waals surface area contributed by atoms with Crippen molar-refractivity contribution in [2.75, 3.05) is 38.0 Å². The summed E-state index contributed by atoms with van der Waals surface area (Å²) in [5.41, 5.74) is 2.02. The molecule has 0 aliphatic carbocycles. The van der Waals surface area contributed by atoms with Crippen LogP contribution in [0.3, 0.4) is 0 Å². The van der Waals surface area contributed by atoms with E-state index in [-0.39, 0.29) is 6.03 Å². The van der Waals surface area contributed by atoms with Crippen molar-refractivity contribution in [3.05, 3.63) is 70.7 Å². The quantitative estimate of drug-likeness (QED) is 0.830. The number of nitrogens with one attached hydrogen (secondary N) is 1. The predicted molar refractivity (Wildman–Crippen MR) is 107 cm³/mol. The average molecular weight is 400 g/mol. The maximum atomic E-state index is 12.4. The molecule has 1 aliphatic rings. The molecule has 0 aromatic heterocycles. The number of carbonyl (C=O) groups excluding carboxylic acids is 1. The van der Waals surface area contributed by atoms with Crippen molar-refractivity contribution in [2.24, 2.45) is 0 Å². The molecule has 1 heterocycles. The molecule has 2 aromatic carbocycles. The predicted octanol–water partition coefficient (Wildman–Crippen LogP) is 4.31. The molecule has 2 aromatic rings. The molecule has 0 bridgehead atoms. The molecule has 0 unspecified atom stereocenters. The van der Waals surface area contributed by atoms with Gasteiger partial charge in [-0.1, -0.05) is 54.6 Å². The van der Waals surface area contributed by atoms with Gasteiger partial charge in [-0.05, 0) is 33.6 Å². The van der Waals surface area contributed by atoms with Gasteiger partial charge in [0.1, 0.15) is 0 Å². The Bertz CT molecular complexity index is 725. The van der Waals surface area contributed by atoms with Crippen molar-refractivity contribution in [1.29, 1.82) is 0 Å². The summed E-state index contributed by atoms with van der Waals surface area (Å²) in [6.07, 6.45) is 4.33. The normalized spacial score (nSPS) is 15.5. The smallest absolute Gasteiger partial charge is 0.321 e. The standard InChI is InChI=1S/C20H22BrN3O/c21-18-10-4-5-11-19(18)22-20(25)24-15-13-23(14-16-24)12-6-9-17-7-2-1-3-8-17/h1-11H,12-16H2,(H,22,25). The van der Waals surface area contributed by atoms with Crippen LogP contribution in [0.1, 0.15) is 5.56 Å². The van der Waals surface area contributed by atoms with Crippen LogP contribution >= 0.6 is 15.9 Å². The van der Waals surface area contributed by atoms with E-state index < -0.39 is 0 Å². The summed E-state index contributed by atoms with van der Waals surface area (Å²) in [5.74, 6) is 0. The van der Waals surface area contributed by atoms with Crippen LogP contribution in [0.4, 0.5) is 10.5 Å². The third-order valence-corrected chi connectivity index (χ3v) is 4.94. The maximum Gasteiger partial charge on any atom is 0.321 e. The van der Waals surface area contributed by atoms with E-state index in [2.05, 4.69) is 50.4 Å². The van der Waals surface area contributed by atoms with E-state index in [1.807, 2.05) is 47.4 Å². The minimum absolute atomic E-state index is 0.0358. The van der Waals surface area contributed by atoms with Crippen molar-refractivity contribution in [3.8, 4) is 0 Å². The van der Waals surface area contributed by atoms with Gasteiger partial charge in [0.25, 0.3) is 0 Å². The molecule has 0 spiro atoms. The molecule has 4 nitrogen and oxygen atoms in total. The zero-order valence-corrected chi connectivity index (χ0v) is 15.7. The second-order valence-electron chi connectivity index (χ2n) is 6.01. The van der Waals surface area contributed by atoms with Crippen LogP contribution in [0, 0.1) is 0 Å². The number of anilines is 1. The van der Waals surface area contributed by atoms with Gasteiger partial charge in [-0.25, -0.2) is 4.79 Å². The lowest BCUT2D eigenvalue weighted by atomic mass is 10.2. The molecule has 5 heteroatoms. The van der Waals surface area contributed by atoms with Gasteiger partial charge in [-0.2, -0.15) is 0 Å². The maximum absolute atomic E-state index is 12.4. The monoisotopic (exact) mass is 399 g/mol. The second-order valence-corrected chi connectivity index (χ2v) is 6.87. The van der Waals surface area contributed by atoms with Crippen molar-refractivity contribution in [3.63, 3.8) is 0 Å². The fraction of sp³-hybridized carbons (Fsp3) is 0.250. The Labute approximate surface area is 157 Å². The number of benzene rings is 2. The van der Waals surface area contributed by atoms with Crippen LogP contribution in [0.2, 0.25) is 0 Å². The van der Waals surface area contributed by atoms with Gasteiger partial charge in [-0.3, -0.25) is 4.90 Å². The van der Waals surface area contributed by atoms with Crippen LogP contribution in [-0.2, 0) is 0 Å². The van der Waals surface area contributed by atoms with E-state index in [9.17, 15) is 4.79 Å². The first-order valence-corrected chi connectivity index (χ1v) is 9.26. The van der Waals surface area contributed by atoms with Crippen molar-refractivity contribution < 1.29 is 4.79 Å². The molecule has 130 valence electrons. The lowest BCUT2D eigenvalue weighted by Gasteiger charge is -2.34. The van der Waals surface area contributed by atoms with E-state index in [4.69, 9.17) is 0 Å². The number of rotatable bonds is 4. The van der Waals surface area contributed by atoms with E-state index in [1.54, 1.807) is 0 Å². The first-order valence-electron chi connectivity index (χ1n) is 8.47. The van der Waals surface area contributed by atoms with Crippen LogP contribution < -0.4 is 5.32 Å². The lowest BCUT2D eigenvalue weighted by Crippen LogP contribution is -2.49. The van der Waals surface area contributed by atoms with E-state index in [0.29, 0.717) is 0 Å². The number of nitrogens with zero attached hydrogens (tertiary/aromatic N) is 2. The zero-order chi connectivity index (χ0) is 17.5. The molecule has 1 N–H and O–H groups in total. The van der Waals surface area contributed by atoms with Gasteiger partial charge in [0, 0.05) is 37.2 Å². The lowest BCUT2D eigenvalue weighted by molar-refractivity contribution is 0.156. The Morgan fingerprint density at radius 2 is 1.68 bits per heavy atom. The largest absolute Gasteiger partial charge is 0.322 e. The number of urea groups is 1. The van der Waals surface area contributed by atoms with Crippen LogP contribution in [0.25, 0.3) is 6.08 Å². The first kappa shape index (κ1) is 17.7. The fourth-order valence-electron chi connectivity index (χ4n) is 2.79. The van der Waals surface area contributed by atoms with Crippen LogP contribution in [0.5, 0.6) is 0 Å². The first-order chi connectivity index (χ1) is 12.2. The molecule has 0 radical (unpaired) electrons. The highest BCUT2D eigenvalue weighted by Crippen LogP contribution is 2.21. The molecule has 1 saturated heterocycles. The molecular formula is C20H22BrN3O. The van der Waals surface area contributed by atoms with Crippen LogP contribution in [-0.4, -0.2) is 48.6 Å². The number of halogens is 1. The molecule has 0 atom stereocenters. The number of amides is 2. The topological polar surface area (TPSA) is 35.6 Å². The Morgan fingerprint density at radius 3 is 2.40 bits per heavy atom. The SMILES string of the molecule is O=C(Nc1ccccc1Br)N1CCN(CC=Cc2ccccc2)CC1.